The Hall–Kier alpha value is -3.44. The maximum absolute atomic E-state index is 12.3. The SMILES string of the molecule is C=CCN(C(=S)Oc1ccc(C(=O)Nc2ccccc2)cc1)c1ccccc1. The number of para-hydroxylation sites is 2. The van der Waals surface area contributed by atoms with E-state index in [0.717, 1.165) is 11.4 Å². The van der Waals surface area contributed by atoms with Crippen molar-refractivity contribution in [1.29, 1.82) is 0 Å². The Kier molecular flexibility index (Phi) is 6.54. The van der Waals surface area contributed by atoms with E-state index in [9.17, 15) is 4.79 Å². The zero-order valence-electron chi connectivity index (χ0n) is 15.2. The van der Waals surface area contributed by atoms with E-state index < -0.39 is 0 Å². The minimum Gasteiger partial charge on any atom is -0.432 e. The number of carbonyl (C=O) groups is 1. The van der Waals surface area contributed by atoms with Crippen molar-refractivity contribution in [3.8, 4) is 5.75 Å². The molecule has 0 aromatic heterocycles. The monoisotopic (exact) mass is 388 g/mol. The second kappa shape index (κ2) is 9.48. The molecule has 0 saturated heterocycles. The predicted molar refractivity (Wildman–Crippen MR) is 118 cm³/mol. The molecule has 0 aliphatic carbocycles. The molecule has 0 radical (unpaired) electrons. The van der Waals surface area contributed by atoms with E-state index in [1.54, 1.807) is 30.3 Å². The maximum atomic E-state index is 12.3. The second-order valence-electron chi connectivity index (χ2n) is 5.95. The van der Waals surface area contributed by atoms with Crippen LogP contribution in [0, 0.1) is 0 Å². The van der Waals surface area contributed by atoms with Crippen molar-refractivity contribution in [1.82, 2.24) is 0 Å². The standard InChI is InChI=1S/C23H20N2O2S/c1-2-17-25(20-11-7-4-8-12-20)23(28)27-21-15-13-18(14-16-21)22(26)24-19-9-5-3-6-10-19/h2-16H,1,17H2,(H,24,26). The van der Waals surface area contributed by atoms with Gasteiger partial charge < -0.3 is 10.1 Å². The van der Waals surface area contributed by atoms with Crippen molar-refractivity contribution < 1.29 is 9.53 Å². The number of hydrogen-bond donors (Lipinski definition) is 1. The topological polar surface area (TPSA) is 41.6 Å². The van der Waals surface area contributed by atoms with Crippen molar-refractivity contribution in [2.24, 2.45) is 0 Å². The van der Waals surface area contributed by atoms with Crippen LogP contribution in [0.2, 0.25) is 0 Å². The summed E-state index contributed by atoms with van der Waals surface area (Å²) in [5, 5.41) is 3.16. The highest BCUT2D eigenvalue weighted by Gasteiger charge is 2.13. The van der Waals surface area contributed by atoms with Crippen LogP contribution in [0.1, 0.15) is 10.4 Å². The summed E-state index contributed by atoms with van der Waals surface area (Å²) in [6, 6.07) is 25.9. The van der Waals surface area contributed by atoms with Gasteiger partial charge in [-0.1, -0.05) is 42.5 Å². The number of nitrogens with one attached hydrogen (secondary N) is 1. The van der Waals surface area contributed by atoms with E-state index in [-0.39, 0.29) is 5.91 Å². The summed E-state index contributed by atoms with van der Waals surface area (Å²) in [6.45, 7) is 4.31. The lowest BCUT2D eigenvalue weighted by Gasteiger charge is -2.23. The van der Waals surface area contributed by atoms with Crippen molar-refractivity contribution in [2.45, 2.75) is 0 Å². The zero-order chi connectivity index (χ0) is 19.8. The first-order chi connectivity index (χ1) is 13.7. The molecule has 3 rings (SSSR count). The molecule has 140 valence electrons. The molecule has 5 heteroatoms. The van der Waals surface area contributed by atoms with Gasteiger partial charge in [-0.15, -0.1) is 6.58 Å². The summed E-state index contributed by atoms with van der Waals surface area (Å²) in [7, 11) is 0. The van der Waals surface area contributed by atoms with Crippen molar-refractivity contribution in [2.75, 3.05) is 16.8 Å². The number of nitrogens with zero attached hydrogens (tertiary/aromatic N) is 1. The van der Waals surface area contributed by atoms with E-state index in [1.165, 1.54) is 0 Å². The average molecular weight is 388 g/mol. The first-order valence-electron chi connectivity index (χ1n) is 8.79. The quantitative estimate of drug-likeness (QED) is 0.460. The van der Waals surface area contributed by atoms with Gasteiger partial charge in [-0.3, -0.25) is 9.69 Å². The molecule has 28 heavy (non-hydrogen) atoms. The second-order valence-corrected chi connectivity index (χ2v) is 6.30. The number of anilines is 2. The molecule has 1 amide bonds. The fourth-order valence-electron chi connectivity index (χ4n) is 2.58. The number of benzene rings is 3. The minimum atomic E-state index is -0.183. The summed E-state index contributed by atoms with van der Waals surface area (Å²) < 4.78 is 5.81. The molecular weight excluding hydrogens is 368 g/mol. The number of amides is 1. The molecule has 0 fully saturated rings. The van der Waals surface area contributed by atoms with Crippen LogP contribution in [-0.2, 0) is 0 Å². The van der Waals surface area contributed by atoms with Crippen LogP contribution < -0.4 is 15.0 Å². The first kappa shape index (κ1) is 19.3. The van der Waals surface area contributed by atoms with Gasteiger partial charge in [0, 0.05) is 23.5 Å². The Morgan fingerprint density at radius 3 is 2.18 bits per heavy atom. The largest absolute Gasteiger partial charge is 0.432 e. The highest BCUT2D eigenvalue weighted by atomic mass is 32.1. The summed E-state index contributed by atoms with van der Waals surface area (Å²) >= 11 is 5.45. The normalized spacial score (nSPS) is 10.0. The van der Waals surface area contributed by atoms with Crippen molar-refractivity contribution in [3.63, 3.8) is 0 Å². The number of hydrogen-bond acceptors (Lipinski definition) is 3. The molecule has 1 N–H and O–H groups in total. The highest BCUT2D eigenvalue weighted by Crippen LogP contribution is 2.19. The molecular formula is C23H20N2O2S. The van der Waals surface area contributed by atoms with Crippen molar-refractivity contribution in [3.05, 3.63) is 103 Å². The fraction of sp³-hybridized carbons (Fsp3) is 0.0435. The van der Waals surface area contributed by atoms with Gasteiger partial charge in [-0.05, 0) is 60.7 Å². The minimum absolute atomic E-state index is 0.183. The predicted octanol–water partition coefficient (Wildman–Crippen LogP) is 5.30. The highest BCUT2D eigenvalue weighted by molar-refractivity contribution is 7.80. The molecule has 3 aromatic rings. The van der Waals surface area contributed by atoms with Crippen LogP contribution in [0.25, 0.3) is 0 Å². The van der Waals surface area contributed by atoms with Gasteiger partial charge >= 0.3 is 0 Å². The number of thiocarbonyl (C=S) groups is 1. The fourth-order valence-corrected chi connectivity index (χ4v) is 2.85. The molecule has 0 heterocycles. The van der Waals surface area contributed by atoms with Gasteiger partial charge in [-0.25, -0.2) is 0 Å². The van der Waals surface area contributed by atoms with Crippen LogP contribution in [0.5, 0.6) is 5.75 Å². The summed E-state index contributed by atoms with van der Waals surface area (Å²) in [6.07, 6.45) is 1.76. The van der Waals surface area contributed by atoms with E-state index in [1.807, 2.05) is 65.6 Å². The van der Waals surface area contributed by atoms with Gasteiger partial charge in [-0.2, -0.15) is 0 Å². The van der Waals surface area contributed by atoms with Crippen LogP contribution in [0.15, 0.2) is 97.6 Å². The molecule has 0 aliphatic heterocycles. The van der Waals surface area contributed by atoms with E-state index >= 15 is 0 Å². The molecule has 0 aliphatic rings. The Labute approximate surface area is 170 Å². The molecule has 0 bridgehead atoms. The number of ether oxygens (including phenoxy) is 1. The van der Waals surface area contributed by atoms with Gasteiger partial charge in [0.05, 0.1) is 0 Å². The molecule has 0 spiro atoms. The molecule has 0 unspecified atom stereocenters. The van der Waals surface area contributed by atoms with Crippen molar-refractivity contribution >= 4 is 34.7 Å². The van der Waals surface area contributed by atoms with Gasteiger partial charge in [0.1, 0.15) is 5.75 Å². The Bertz CT molecular complexity index is 941. The van der Waals surface area contributed by atoms with E-state index in [0.29, 0.717) is 23.0 Å². The van der Waals surface area contributed by atoms with Crippen LogP contribution in [-0.4, -0.2) is 17.6 Å². The molecule has 4 nitrogen and oxygen atoms in total. The Morgan fingerprint density at radius 1 is 0.964 bits per heavy atom. The molecule has 0 atom stereocenters. The van der Waals surface area contributed by atoms with Crippen LogP contribution in [0.3, 0.4) is 0 Å². The first-order valence-corrected chi connectivity index (χ1v) is 9.20. The smallest absolute Gasteiger partial charge is 0.269 e. The lowest BCUT2D eigenvalue weighted by atomic mass is 10.2. The maximum Gasteiger partial charge on any atom is 0.269 e. The average Bonchev–Trinajstić information content (AvgIpc) is 2.74. The summed E-state index contributed by atoms with van der Waals surface area (Å²) in [4.78, 5) is 14.2. The Morgan fingerprint density at radius 2 is 1.57 bits per heavy atom. The molecule has 3 aromatic carbocycles. The van der Waals surface area contributed by atoms with E-state index in [4.69, 9.17) is 17.0 Å². The van der Waals surface area contributed by atoms with Gasteiger partial charge in [0.15, 0.2) is 0 Å². The van der Waals surface area contributed by atoms with Gasteiger partial charge in [0.25, 0.3) is 11.1 Å². The lowest BCUT2D eigenvalue weighted by Crippen LogP contribution is -2.33. The van der Waals surface area contributed by atoms with E-state index in [2.05, 4.69) is 11.9 Å². The number of carbonyl (C=O) groups excluding carboxylic acids is 1. The zero-order valence-corrected chi connectivity index (χ0v) is 16.1. The lowest BCUT2D eigenvalue weighted by molar-refractivity contribution is 0.102. The third kappa shape index (κ3) is 5.05. The number of rotatable bonds is 6. The van der Waals surface area contributed by atoms with Crippen LogP contribution in [0.4, 0.5) is 11.4 Å². The molecule has 0 saturated carbocycles. The van der Waals surface area contributed by atoms with Gasteiger partial charge in [0.2, 0.25) is 0 Å². The summed E-state index contributed by atoms with van der Waals surface area (Å²) in [5.41, 5.74) is 2.20. The summed E-state index contributed by atoms with van der Waals surface area (Å²) in [5.74, 6) is 0.379. The Balaban J connectivity index is 1.66. The van der Waals surface area contributed by atoms with Crippen LogP contribution >= 0.6 is 12.2 Å². The third-order valence-electron chi connectivity index (χ3n) is 3.95. The third-order valence-corrected chi connectivity index (χ3v) is 4.26.